The summed E-state index contributed by atoms with van der Waals surface area (Å²) in [5.74, 6) is 0.467. The van der Waals surface area contributed by atoms with Crippen LogP contribution in [0.1, 0.15) is 39.5 Å². The first-order chi connectivity index (χ1) is 9.54. The SMILES string of the molecule is CCCC1(OC)C(C2(C)COC2)CCC[Si]1(OC)OC. The van der Waals surface area contributed by atoms with Crippen molar-refractivity contribution in [3.63, 3.8) is 0 Å². The lowest BCUT2D eigenvalue weighted by Gasteiger charge is -2.59. The second-order valence-corrected chi connectivity index (χ2v) is 10.3. The maximum Gasteiger partial charge on any atom is 0.371 e. The number of hydrogen-bond donors (Lipinski definition) is 0. The van der Waals surface area contributed by atoms with Gasteiger partial charge in [0, 0.05) is 26.7 Å². The first kappa shape index (κ1) is 16.4. The molecule has 0 radical (unpaired) electrons. The molecule has 0 aromatic carbocycles. The van der Waals surface area contributed by atoms with Crippen LogP contribution in [0.3, 0.4) is 0 Å². The Bertz CT molecular complexity index is 328. The van der Waals surface area contributed by atoms with Crippen LogP contribution in [0.4, 0.5) is 0 Å². The van der Waals surface area contributed by atoms with E-state index in [1.807, 2.05) is 7.11 Å². The summed E-state index contributed by atoms with van der Waals surface area (Å²) in [6.45, 7) is 6.23. The Morgan fingerprint density at radius 2 is 1.85 bits per heavy atom. The van der Waals surface area contributed by atoms with E-state index < -0.39 is 8.56 Å². The lowest BCUT2D eigenvalue weighted by Crippen LogP contribution is -2.72. The van der Waals surface area contributed by atoms with Crippen molar-refractivity contribution in [1.29, 1.82) is 0 Å². The molecule has 2 heterocycles. The zero-order valence-corrected chi connectivity index (χ0v) is 14.7. The highest BCUT2D eigenvalue weighted by Crippen LogP contribution is 2.54. The molecule has 0 spiro atoms. The summed E-state index contributed by atoms with van der Waals surface area (Å²) in [6.07, 6.45) is 4.46. The molecule has 0 amide bonds. The normalized spacial score (nSPS) is 35.5. The molecule has 2 aliphatic rings. The maximum absolute atomic E-state index is 6.21. The Labute approximate surface area is 124 Å². The average molecular weight is 302 g/mol. The molecule has 0 bridgehead atoms. The largest absolute Gasteiger partial charge is 0.396 e. The van der Waals surface area contributed by atoms with Crippen molar-refractivity contribution >= 4 is 8.56 Å². The van der Waals surface area contributed by atoms with Crippen molar-refractivity contribution in [2.24, 2.45) is 11.3 Å². The van der Waals surface area contributed by atoms with Gasteiger partial charge in [0.1, 0.15) is 5.22 Å². The molecular weight excluding hydrogens is 272 g/mol. The maximum atomic E-state index is 6.21. The van der Waals surface area contributed by atoms with Gasteiger partial charge in [0.25, 0.3) is 0 Å². The molecule has 2 fully saturated rings. The van der Waals surface area contributed by atoms with Gasteiger partial charge < -0.3 is 18.3 Å². The van der Waals surface area contributed by atoms with E-state index in [1.54, 1.807) is 14.2 Å². The van der Waals surface area contributed by atoms with Crippen LogP contribution in [-0.2, 0) is 18.3 Å². The van der Waals surface area contributed by atoms with Gasteiger partial charge >= 0.3 is 8.56 Å². The van der Waals surface area contributed by atoms with Crippen LogP contribution in [0.5, 0.6) is 0 Å². The Morgan fingerprint density at radius 3 is 2.25 bits per heavy atom. The summed E-state index contributed by atoms with van der Waals surface area (Å²) in [4.78, 5) is 0. The quantitative estimate of drug-likeness (QED) is 0.707. The second-order valence-electron chi connectivity index (χ2n) is 6.60. The van der Waals surface area contributed by atoms with E-state index in [0.717, 1.165) is 32.1 Å². The third-order valence-corrected chi connectivity index (χ3v) is 9.98. The summed E-state index contributed by atoms with van der Waals surface area (Å²) in [5.41, 5.74) is 0.209. The molecule has 5 heteroatoms. The van der Waals surface area contributed by atoms with Gasteiger partial charge in [-0.1, -0.05) is 26.7 Å². The van der Waals surface area contributed by atoms with E-state index in [4.69, 9.17) is 18.3 Å². The van der Waals surface area contributed by atoms with Gasteiger partial charge in [0.2, 0.25) is 0 Å². The second kappa shape index (κ2) is 6.05. The molecule has 2 saturated heterocycles. The zero-order valence-electron chi connectivity index (χ0n) is 13.7. The van der Waals surface area contributed by atoms with Crippen LogP contribution in [0, 0.1) is 11.3 Å². The van der Waals surface area contributed by atoms with Crippen LogP contribution >= 0.6 is 0 Å². The smallest absolute Gasteiger partial charge is 0.371 e. The van der Waals surface area contributed by atoms with Crippen LogP contribution in [-0.4, -0.2) is 48.3 Å². The van der Waals surface area contributed by atoms with Crippen molar-refractivity contribution in [3.8, 4) is 0 Å². The predicted molar refractivity (Wildman–Crippen MR) is 80.9 cm³/mol. The third-order valence-electron chi connectivity index (χ3n) is 5.56. The standard InChI is InChI=1S/C15H30O4Si/c1-6-9-15(16-3)13(14(2)11-19-12-14)8-7-10-20(15,17-4)18-5/h13H,6-12H2,1-5H3. The minimum atomic E-state index is -2.36. The van der Waals surface area contributed by atoms with Gasteiger partial charge in [0.15, 0.2) is 0 Å². The highest BCUT2D eigenvalue weighted by molar-refractivity contribution is 6.70. The topological polar surface area (TPSA) is 36.9 Å². The van der Waals surface area contributed by atoms with Crippen molar-refractivity contribution in [1.82, 2.24) is 0 Å². The first-order valence-electron chi connectivity index (χ1n) is 7.77. The van der Waals surface area contributed by atoms with Crippen molar-refractivity contribution < 1.29 is 18.3 Å². The van der Waals surface area contributed by atoms with Gasteiger partial charge in [-0.2, -0.15) is 0 Å². The highest BCUT2D eigenvalue weighted by atomic mass is 28.4. The predicted octanol–water partition coefficient (Wildman–Crippen LogP) is 2.89. The van der Waals surface area contributed by atoms with Crippen molar-refractivity contribution in [2.75, 3.05) is 34.5 Å². The van der Waals surface area contributed by atoms with Crippen LogP contribution < -0.4 is 0 Å². The molecule has 0 aromatic rings. The molecule has 20 heavy (non-hydrogen) atoms. The van der Waals surface area contributed by atoms with Crippen LogP contribution in [0.2, 0.25) is 6.04 Å². The Morgan fingerprint density at radius 1 is 1.20 bits per heavy atom. The molecular formula is C15H30O4Si. The first-order valence-corrected chi connectivity index (χ1v) is 9.79. The molecule has 2 rings (SSSR count). The molecule has 0 saturated carbocycles. The van der Waals surface area contributed by atoms with E-state index in [1.165, 1.54) is 12.8 Å². The van der Waals surface area contributed by atoms with Gasteiger partial charge in [0.05, 0.1) is 13.2 Å². The number of hydrogen-bond acceptors (Lipinski definition) is 4. The fraction of sp³-hybridized carbons (Fsp3) is 1.00. The lowest BCUT2D eigenvalue weighted by molar-refractivity contribution is -0.189. The van der Waals surface area contributed by atoms with E-state index in [0.29, 0.717) is 5.92 Å². The monoisotopic (exact) mass is 302 g/mol. The molecule has 2 aliphatic heterocycles. The summed E-state index contributed by atoms with van der Waals surface area (Å²) in [6, 6.07) is 1.03. The van der Waals surface area contributed by atoms with Gasteiger partial charge in [-0.05, 0) is 24.8 Å². The molecule has 2 atom stereocenters. The minimum Gasteiger partial charge on any atom is -0.396 e. The molecule has 118 valence electrons. The fourth-order valence-electron chi connectivity index (χ4n) is 4.55. The van der Waals surface area contributed by atoms with Crippen LogP contribution in [0.15, 0.2) is 0 Å². The van der Waals surface area contributed by atoms with Gasteiger partial charge in [-0.15, -0.1) is 0 Å². The summed E-state index contributed by atoms with van der Waals surface area (Å²) < 4.78 is 23.8. The number of ether oxygens (including phenoxy) is 2. The van der Waals surface area contributed by atoms with Crippen LogP contribution in [0.25, 0.3) is 0 Å². The zero-order chi connectivity index (χ0) is 14.9. The van der Waals surface area contributed by atoms with E-state index in [9.17, 15) is 0 Å². The number of methoxy groups -OCH3 is 1. The van der Waals surface area contributed by atoms with Gasteiger partial charge in [-0.25, -0.2) is 0 Å². The lowest BCUT2D eigenvalue weighted by atomic mass is 9.69. The summed E-state index contributed by atoms with van der Waals surface area (Å²) in [7, 11) is 3.09. The van der Waals surface area contributed by atoms with Gasteiger partial charge in [-0.3, -0.25) is 0 Å². The molecule has 4 nitrogen and oxygen atoms in total. The van der Waals surface area contributed by atoms with E-state index >= 15 is 0 Å². The Balaban J connectivity index is 2.43. The fourth-order valence-corrected chi connectivity index (χ4v) is 8.88. The molecule has 0 aromatic heterocycles. The molecule has 0 aliphatic carbocycles. The average Bonchev–Trinajstić information content (AvgIpc) is 2.45. The highest BCUT2D eigenvalue weighted by Gasteiger charge is 2.67. The van der Waals surface area contributed by atoms with Crippen molar-refractivity contribution in [2.45, 2.75) is 50.8 Å². The number of rotatable bonds is 6. The summed E-state index contributed by atoms with van der Waals surface area (Å²) >= 11 is 0. The Kier molecular flexibility index (Phi) is 4.97. The minimum absolute atomic E-state index is 0.209. The van der Waals surface area contributed by atoms with E-state index in [-0.39, 0.29) is 10.6 Å². The molecule has 0 N–H and O–H groups in total. The third kappa shape index (κ3) is 2.18. The molecule has 2 unspecified atom stereocenters. The summed E-state index contributed by atoms with van der Waals surface area (Å²) in [5, 5.41) is -0.248. The Hall–Kier alpha value is 0.0569. The van der Waals surface area contributed by atoms with Crippen molar-refractivity contribution in [3.05, 3.63) is 0 Å². The van der Waals surface area contributed by atoms with E-state index in [2.05, 4.69) is 13.8 Å².